The Hall–Kier alpha value is -2.25. The number of aromatic nitrogens is 3. The molecule has 1 saturated heterocycles. The average Bonchev–Trinajstić information content (AvgIpc) is 2.56. The van der Waals surface area contributed by atoms with E-state index < -0.39 is 85.2 Å². The fourth-order valence-electron chi connectivity index (χ4n) is 2.75. The minimum Gasteiger partial charge on any atom is -0.380 e. The molecule has 14 heteroatoms. The van der Waals surface area contributed by atoms with Crippen LogP contribution in [-0.2, 0) is 0 Å². The molecule has 2 unspecified atom stereocenters. The van der Waals surface area contributed by atoms with Gasteiger partial charge in [0.25, 0.3) is 11.8 Å². The molecular weight excluding hydrogens is 418 g/mol. The average molecular weight is 433 g/mol. The molecule has 162 valence electrons. The van der Waals surface area contributed by atoms with Crippen LogP contribution in [0.4, 0.5) is 47.0 Å². The van der Waals surface area contributed by atoms with E-state index in [2.05, 4.69) is 15.0 Å². The minimum absolute atomic E-state index is 0.468. The first-order chi connectivity index (χ1) is 13.2. The molecule has 0 radical (unpaired) electrons. The molecule has 3 rings (SSSR count). The summed E-state index contributed by atoms with van der Waals surface area (Å²) in [5, 5.41) is 11.3. The molecular formula is C15H15F8N5O. The predicted octanol–water partition coefficient (Wildman–Crippen LogP) is 3.16. The Morgan fingerprint density at radius 3 is 2.31 bits per heavy atom. The third-order valence-corrected chi connectivity index (χ3v) is 4.49. The molecule has 0 spiro atoms. The standard InChI is InChI=1S/C15H15F8N5O/c1-6(15(21,22)23)24-11-25-10(7-2-3-14(19,20)9(29)8(7)16)26-12(27-11)28-4-13(17,18)5-28/h6,9,29H,2-5H2,1H3,(H,24,25,26,27). The van der Waals surface area contributed by atoms with E-state index in [-0.39, 0.29) is 0 Å². The van der Waals surface area contributed by atoms with Gasteiger partial charge >= 0.3 is 6.18 Å². The number of anilines is 2. The Bertz CT molecular complexity index is 819. The maximum Gasteiger partial charge on any atom is 0.408 e. The lowest BCUT2D eigenvalue weighted by Gasteiger charge is -2.38. The largest absolute Gasteiger partial charge is 0.408 e. The smallest absolute Gasteiger partial charge is 0.380 e. The highest BCUT2D eigenvalue weighted by molar-refractivity contribution is 5.66. The monoisotopic (exact) mass is 433 g/mol. The van der Waals surface area contributed by atoms with E-state index in [4.69, 9.17) is 0 Å². The molecule has 29 heavy (non-hydrogen) atoms. The summed E-state index contributed by atoms with van der Waals surface area (Å²) in [4.78, 5) is 11.9. The van der Waals surface area contributed by atoms with Gasteiger partial charge in [0.15, 0.2) is 11.9 Å². The zero-order chi connectivity index (χ0) is 21.8. The number of rotatable bonds is 4. The third-order valence-electron chi connectivity index (χ3n) is 4.49. The van der Waals surface area contributed by atoms with Crippen LogP contribution in [0.15, 0.2) is 5.83 Å². The van der Waals surface area contributed by atoms with Crippen molar-refractivity contribution in [3.8, 4) is 0 Å². The van der Waals surface area contributed by atoms with Crippen LogP contribution in [-0.4, -0.2) is 63.3 Å². The van der Waals surface area contributed by atoms with E-state index in [1.165, 1.54) is 0 Å². The summed E-state index contributed by atoms with van der Waals surface area (Å²) < 4.78 is 106. The van der Waals surface area contributed by atoms with Gasteiger partial charge in [-0.25, -0.2) is 22.0 Å². The second-order valence-electron chi connectivity index (χ2n) is 6.89. The van der Waals surface area contributed by atoms with Gasteiger partial charge in [0.2, 0.25) is 11.9 Å². The zero-order valence-electron chi connectivity index (χ0n) is 14.7. The molecule has 0 bridgehead atoms. The molecule has 2 N–H and O–H groups in total. The lowest BCUT2D eigenvalue weighted by Crippen LogP contribution is -2.57. The highest BCUT2D eigenvalue weighted by atomic mass is 19.4. The van der Waals surface area contributed by atoms with E-state index in [1.54, 1.807) is 0 Å². The number of halogens is 8. The maximum atomic E-state index is 14.3. The quantitative estimate of drug-likeness (QED) is 0.711. The van der Waals surface area contributed by atoms with Crippen molar-refractivity contribution in [1.82, 2.24) is 15.0 Å². The number of aliphatic hydroxyl groups is 1. The Kier molecular flexibility index (Phi) is 5.12. The van der Waals surface area contributed by atoms with Crippen molar-refractivity contribution >= 4 is 17.5 Å². The van der Waals surface area contributed by atoms with Gasteiger partial charge in [0, 0.05) is 12.0 Å². The summed E-state index contributed by atoms with van der Waals surface area (Å²) in [6.45, 7) is -0.911. The Morgan fingerprint density at radius 1 is 1.14 bits per heavy atom. The van der Waals surface area contributed by atoms with Gasteiger partial charge in [0.05, 0.1) is 13.1 Å². The van der Waals surface area contributed by atoms with Crippen LogP contribution >= 0.6 is 0 Å². The summed E-state index contributed by atoms with van der Waals surface area (Å²) in [7, 11) is 0. The van der Waals surface area contributed by atoms with Crippen LogP contribution in [0.5, 0.6) is 0 Å². The summed E-state index contributed by atoms with van der Waals surface area (Å²) in [6.07, 6.45) is -9.06. The van der Waals surface area contributed by atoms with Crippen molar-refractivity contribution < 1.29 is 40.2 Å². The minimum atomic E-state index is -4.70. The van der Waals surface area contributed by atoms with Gasteiger partial charge in [-0.05, 0) is 13.3 Å². The van der Waals surface area contributed by atoms with Gasteiger partial charge in [-0.3, -0.25) is 0 Å². The van der Waals surface area contributed by atoms with E-state index in [0.717, 1.165) is 11.8 Å². The van der Waals surface area contributed by atoms with Crippen molar-refractivity contribution in [2.45, 2.75) is 49.9 Å². The first kappa shape index (κ1) is 21.5. The first-order valence-corrected chi connectivity index (χ1v) is 8.36. The number of alkyl halides is 7. The maximum absolute atomic E-state index is 14.3. The second kappa shape index (κ2) is 6.92. The highest BCUT2D eigenvalue weighted by Crippen LogP contribution is 2.41. The topological polar surface area (TPSA) is 74.2 Å². The predicted molar refractivity (Wildman–Crippen MR) is 84.3 cm³/mol. The van der Waals surface area contributed by atoms with Gasteiger partial charge < -0.3 is 15.3 Å². The molecule has 0 aromatic carbocycles. The summed E-state index contributed by atoms with van der Waals surface area (Å²) in [6, 6.07) is -2.15. The normalized spacial score (nSPS) is 24.9. The molecule has 2 heterocycles. The van der Waals surface area contributed by atoms with Crippen LogP contribution in [0, 0.1) is 0 Å². The van der Waals surface area contributed by atoms with Crippen LogP contribution in [0.1, 0.15) is 25.6 Å². The Balaban J connectivity index is 2.00. The molecule has 0 saturated carbocycles. The van der Waals surface area contributed by atoms with Crippen LogP contribution in [0.25, 0.3) is 5.57 Å². The molecule has 1 aliphatic carbocycles. The molecule has 1 fully saturated rings. The van der Waals surface area contributed by atoms with Crippen molar-refractivity contribution in [3.63, 3.8) is 0 Å². The van der Waals surface area contributed by atoms with Crippen molar-refractivity contribution in [2.24, 2.45) is 0 Å². The van der Waals surface area contributed by atoms with Gasteiger partial charge in [-0.2, -0.15) is 28.1 Å². The van der Waals surface area contributed by atoms with Crippen LogP contribution < -0.4 is 10.2 Å². The molecule has 1 aromatic heterocycles. The van der Waals surface area contributed by atoms with Gasteiger partial charge in [-0.1, -0.05) is 0 Å². The third kappa shape index (κ3) is 4.36. The van der Waals surface area contributed by atoms with E-state index >= 15 is 0 Å². The fourth-order valence-corrected chi connectivity index (χ4v) is 2.75. The zero-order valence-corrected chi connectivity index (χ0v) is 14.7. The van der Waals surface area contributed by atoms with Crippen molar-refractivity contribution in [3.05, 3.63) is 11.7 Å². The lowest BCUT2D eigenvalue weighted by atomic mass is 9.92. The molecule has 0 amide bonds. The molecule has 2 aliphatic rings. The summed E-state index contributed by atoms with van der Waals surface area (Å²) in [5.41, 5.74) is -0.554. The van der Waals surface area contributed by atoms with Gasteiger partial charge in [0.1, 0.15) is 11.9 Å². The van der Waals surface area contributed by atoms with E-state index in [9.17, 15) is 40.2 Å². The number of allylic oxidation sites excluding steroid dienone is 1. The number of nitrogens with one attached hydrogen (secondary N) is 1. The molecule has 2 atom stereocenters. The Labute approximate surface area is 158 Å². The van der Waals surface area contributed by atoms with Gasteiger partial charge in [-0.15, -0.1) is 0 Å². The summed E-state index contributed by atoms with van der Waals surface area (Å²) in [5.74, 6) is -10.2. The van der Waals surface area contributed by atoms with Crippen LogP contribution in [0.2, 0.25) is 0 Å². The van der Waals surface area contributed by atoms with Crippen molar-refractivity contribution in [1.29, 1.82) is 0 Å². The Morgan fingerprint density at radius 2 is 1.76 bits per heavy atom. The SMILES string of the molecule is CC(Nc1nc(C2=C(F)C(O)C(F)(F)CC2)nc(N2CC(F)(F)C2)n1)C(F)(F)F. The number of aliphatic hydroxyl groups excluding tert-OH is 1. The number of nitrogens with zero attached hydrogens (tertiary/aromatic N) is 4. The fraction of sp³-hybridized carbons (Fsp3) is 0.667. The molecule has 6 nitrogen and oxygen atoms in total. The molecule has 1 aromatic rings. The van der Waals surface area contributed by atoms with E-state index in [1.807, 2.05) is 5.32 Å². The highest BCUT2D eigenvalue weighted by Gasteiger charge is 2.48. The second-order valence-corrected chi connectivity index (χ2v) is 6.89. The van der Waals surface area contributed by atoms with Crippen LogP contribution in [0.3, 0.4) is 0 Å². The molecule has 1 aliphatic heterocycles. The summed E-state index contributed by atoms with van der Waals surface area (Å²) >= 11 is 0. The lowest BCUT2D eigenvalue weighted by molar-refractivity contribution is -0.138. The van der Waals surface area contributed by atoms with Crippen molar-refractivity contribution in [2.75, 3.05) is 23.3 Å². The van der Waals surface area contributed by atoms with E-state index in [0.29, 0.717) is 0 Å². The number of hydrogen-bond acceptors (Lipinski definition) is 6. The number of hydrogen-bond donors (Lipinski definition) is 2. The first-order valence-electron chi connectivity index (χ1n) is 8.36.